The topological polar surface area (TPSA) is 206 Å². The average molecular weight is 582 g/mol. The third-order valence-corrected chi connectivity index (χ3v) is 6.61. The Balaban J connectivity index is 1.77. The zero-order chi connectivity index (χ0) is 30.6. The van der Waals surface area contributed by atoms with Crippen molar-refractivity contribution in [1.82, 2.24) is 19.8 Å². The molecule has 3 aromatic rings. The van der Waals surface area contributed by atoms with Crippen LogP contribution < -0.4 is 22.1 Å². The summed E-state index contributed by atoms with van der Waals surface area (Å²) in [5.41, 5.74) is 6.63. The third-order valence-electron chi connectivity index (χ3n) is 6.61. The number of carboxylic acids is 2. The molecule has 1 heterocycles. The highest BCUT2D eigenvalue weighted by molar-refractivity contribution is 5.93. The first-order chi connectivity index (χ1) is 20.1. The predicted molar refractivity (Wildman–Crippen MR) is 152 cm³/mol. The minimum Gasteiger partial charge on any atom is -0.493 e. The molecule has 0 fully saturated rings. The number of amides is 2. The van der Waals surface area contributed by atoms with Gasteiger partial charge in [-0.15, -0.1) is 0 Å². The monoisotopic (exact) mass is 581 g/mol. The van der Waals surface area contributed by atoms with Crippen LogP contribution in [0.3, 0.4) is 0 Å². The minimum atomic E-state index is -1.65. The van der Waals surface area contributed by atoms with Crippen LogP contribution in [0.15, 0.2) is 65.5 Å². The first-order valence-electron chi connectivity index (χ1n) is 13.5. The lowest BCUT2D eigenvalue weighted by atomic mass is 10.1. The Morgan fingerprint density at radius 3 is 2.10 bits per heavy atom. The lowest BCUT2D eigenvalue weighted by Gasteiger charge is -2.20. The second kappa shape index (κ2) is 15.2. The molecule has 0 radical (unpaired) electrons. The number of nitrogens with one attached hydrogen (secondary N) is 2. The quantitative estimate of drug-likeness (QED) is 0.141. The number of nitrogens with two attached hydrogens (primary N) is 1. The van der Waals surface area contributed by atoms with Crippen molar-refractivity contribution < 1.29 is 34.5 Å². The molecule has 0 saturated heterocycles. The Morgan fingerprint density at radius 2 is 1.50 bits per heavy atom. The van der Waals surface area contributed by atoms with Crippen molar-refractivity contribution in [2.24, 2.45) is 5.73 Å². The third kappa shape index (κ3) is 8.54. The smallest absolute Gasteiger partial charge is 0.331 e. The van der Waals surface area contributed by atoms with Crippen molar-refractivity contribution in [3.05, 3.63) is 88.0 Å². The summed E-state index contributed by atoms with van der Waals surface area (Å²) in [6.45, 7) is -0.109. The van der Waals surface area contributed by atoms with E-state index in [1.807, 2.05) is 30.3 Å². The summed E-state index contributed by atoms with van der Waals surface area (Å²) in [6.07, 6.45) is 1.19. The van der Waals surface area contributed by atoms with Crippen molar-refractivity contribution in [1.29, 1.82) is 0 Å². The van der Waals surface area contributed by atoms with Gasteiger partial charge in [0.15, 0.2) is 6.04 Å². The van der Waals surface area contributed by atoms with Gasteiger partial charge in [-0.2, -0.15) is 0 Å². The number of rotatable bonds is 16. The molecule has 7 N–H and O–H groups in total. The molecule has 2 aromatic carbocycles. The molecule has 2 atom stereocenters. The van der Waals surface area contributed by atoms with Crippen LogP contribution in [-0.4, -0.2) is 60.8 Å². The van der Waals surface area contributed by atoms with Crippen molar-refractivity contribution >= 4 is 23.8 Å². The SMILES string of the molecule is NCCCc1c(O)n(CC(=O)N[C@@H](CC(=O)O)C(=O)N[C@H](C(=O)O)c2ccccc2)c(=O)n1CCCc1ccccc1. The Kier molecular flexibility index (Phi) is 11.4. The van der Waals surface area contributed by atoms with Gasteiger partial charge < -0.3 is 31.7 Å². The van der Waals surface area contributed by atoms with Gasteiger partial charge in [-0.05, 0) is 43.4 Å². The van der Waals surface area contributed by atoms with Crippen LogP contribution in [0.1, 0.15) is 42.1 Å². The molecule has 1 aromatic heterocycles. The average Bonchev–Trinajstić information content (AvgIpc) is 3.18. The van der Waals surface area contributed by atoms with E-state index in [0.29, 0.717) is 31.5 Å². The maximum Gasteiger partial charge on any atom is 0.331 e. The van der Waals surface area contributed by atoms with Gasteiger partial charge in [-0.25, -0.2) is 9.59 Å². The zero-order valence-corrected chi connectivity index (χ0v) is 22.9. The summed E-state index contributed by atoms with van der Waals surface area (Å²) in [6, 6.07) is 14.3. The number of carbonyl (C=O) groups is 4. The van der Waals surface area contributed by atoms with E-state index < -0.39 is 60.4 Å². The number of benzene rings is 2. The van der Waals surface area contributed by atoms with Gasteiger partial charge in [-0.3, -0.25) is 23.5 Å². The molecule has 42 heavy (non-hydrogen) atoms. The van der Waals surface area contributed by atoms with Gasteiger partial charge in [0.25, 0.3) is 0 Å². The molecule has 0 aliphatic rings. The van der Waals surface area contributed by atoms with Gasteiger partial charge in [0, 0.05) is 6.54 Å². The Hall–Kier alpha value is -4.91. The number of hydrogen-bond acceptors (Lipinski definition) is 7. The normalized spacial score (nSPS) is 12.3. The van der Waals surface area contributed by atoms with E-state index in [2.05, 4.69) is 10.6 Å². The standard InChI is InChI=1S/C29H35N5O8/c30-15-7-14-22-27(39)34(29(42)33(22)16-8-11-19-9-3-1-4-10-19)18-23(35)31-21(17-24(36)37)26(38)32-25(28(40)41)20-12-5-2-6-13-20/h1-6,9-10,12-13,21,25,39H,7-8,11,14-18,30H2,(H,31,35)(H,32,38)(H,36,37)(H,40,41)/t21-,25-/m0/s1. The molecule has 224 valence electrons. The fourth-order valence-corrected chi connectivity index (χ4v) is 4.55. The molecule has 13 nitrogen and oxygen atoms in total. The van der Waals surface area contributed by atoms with Crippen LogP contribution in [-0.2, 0) is 45.1 Å². The number of aliphatic carboxylic acids is 2. The maximum absolute atomic E-state index is 13.2. The molecule has 0 saturated carbocycles. The van der Waals surface area contributed by atoms with Gasteiger partial charge in [0.2, 0.25) is 17.7 Å². The van der Waals surface area contributed by atoms with Crippen LogP contribution in [0.4, 0.5) is 0 Å². The Bertz CT molecular complexity index is 1440. The van der Waals surface area contributed by atoms with Crippen LogP contribution >= 0.6 is 0 Å². The van der Waals surface area contributed by atoms with E-state index >= 15 is 0 Å². The molecular weight excluding hydrogens is 546 g/mol. The van der Waals surface area contributed by atoms with Gasteiger partial charge in [0.1, 0.15) is 12.6 Å². The fourth-order valence-electron chi connectivity index (χ4n) is 4.55. The van der Waals surface area contributed by atoms with Gasteiger partial charge >= 0.3 is 17.6 Å². The molecule has 0 unspecified atom stereocenters. The van der Waals surface area contributed by atoms with Crippen molar-refractivity contribution in [2.75, 3.05) is 6.54 Å². The number of aryl methyl sites for hydroxylation is 1. The second-order valence-electron chi connectivity index (χ2n) is 9.68. The first-order valence-corrected chi connectivity index (χ1v) is 13.5. The lowest BCUT2D eigenvalue weighted by molar-refractivity contribution is -0.143. The van der Waals surface area contributed by atoms with Crippen LogP contribution in [0.5, 0.6) is 5.88 Å². The molecule has 2 amide bonds. The summed E-state index contributed by atoms with van der Waals surface area (Å²) in [4.78, 5) is 62.3. The van der Waals surface area contributed by atoms with Crippen molar-refractivity contribution in [3.63, 3.8) is 0 Å². The molecule has 13 heteroatoms. The highest BCUT2D eigenvalue weighted by atomic mass is 16.4. The summed E-state index contributed by atoms with van der Waals surface area (Å²) >= 11 is 0. The van der Waals surface area contributed by atoms with E-state index in [1.54, 1.807) is 18.2 Å². The van der Waals surface area contributed by atoms with Crippen LogP contribution in [0, 0.1) is 0 Å². The van der Waals surface area contributed by atoms with E-state index in [4.69, 9.17) is 5.73 Å². The van der Waals surface area contributed by atoms with E-state index in [1.165, 1.54) is 16.7 Å². The minimum absolute atomic E-state index is 0.244. The highest BCUT2D eigenvalue weighted by Gasteiger charge is 2.30. The first kappa shape index (κ1) is 31.6. The second-order valence-corrected chi connectivity index (χ2v) is 9.68. The predicted octanol–water partition coefficient (Wildman–Crippen LogP) is 0.781. The van der Waals surface area contributed by atoms with Gasteiger partial charge in [0.05, 0.1) is 12.1 Å². The number of carboxylic acid groups (broad SMARTS) is 2. The number of imidazole rings is 1. The van der Waals surface area contributed by atoms with Crippen LogP contribution in [0.25, 0.3) is 0 Å². The van der Waals surface area contributed by atoms with Crippen molar-refractivity contribution in [3.8, 4) is 5.88 Å². The number of aromatic nitrogens is 2. The molecule has 0 aliphatic heterocycles. The van der Waals surface area contributed by atoms with E-state index in [0.717, 1.165) is 10.1 Å². The molecular formula is C29H35N5O8. The van der Waals surface area contributed by atoms with E-state index in [9.17, 15) is 39.3 Å². The molecule has 3 rings (SSSR count). The number of nitrogens with zero attached hydrogens (tertiary/aromatic N) is 2. The molecule has 0 bridgehead atoms. The number of hydrogen-bond donors (Lipinski definition) is 6. The highest BCUT2D eigenvalue weighted by Crippen LogP contribution is 2.19. The zero-order valence-electron chi connectivity index (χ0n) is 22.9. The van der Waals surface area contributed by atoms with Crippen LogP contribution in [0.2, 0.25) is 0 Å². The summed E-state index contributed by atoms with van der Waals surface area (Å²) in [5, 5.41) is 34.3. The molecule has 0 aliphatic carbocycles. The summed E-state index contributed by atoms with van der Waals surface area (Å²) in [5.74, 6) is -5.19. The largest absolute Gasteiger partial charge is 0.493 e. The fraction of sp³-hybridized carbons (Fsp3) is 0.345. The lowest BCUT2D eigenvalue weighted by Crippen LogP contribution is -2.50. The Labute approximate surface area is 241 Å². The summed E-state index contributed by atoms with van der Waals surface area (Å²) < 4.78 is 2.24. The number of carbonyl (C=O) groups excluding carboxylic acids is 2. The van der Waals surface area contributed by atoms with Crippen molar-refractivity contribution in [2.45, 2.75) is 57.3 Å². The van der Waals surface area contributed by atoms with Gasteiger partial charge in [-0.1, -0.05) is 60.7 Å². The molecule has 0 spiro atoms. The van der Waals surface area contributed by atoms with E-state index in [-0.39, 0.29) is 18.5 Å². The Morgan fingerprint density at radius 1 is 0.857 bits per heavy atom. The summed E-state index contributed by atoms with van der Waals surface area (Å²) in [7, 11) is 0. The number of aromatic hydroxyl groups is 1. The maximum atomic E-state index is 13.2.